The molecule has 0 N–H and O–H groups in total. The van der Waals surface area contributed by atoms with Gasteiger partial charge in [0.25, 0.3) is 0 Å². The summed E-state index contributed by atoms with van der Waals surface area (Å²) < 4.78 is 8.77. The second-order valence-corrected chi connectivity index (χ2v) is 13.9. The third kappa shape index (κ3) is 6.58. The van der Waals surface area contributed by atoms with Crippen molar-refractivity contribution in [1.29, 1.82) is 0 Å². The van der Waals surface area contributed by atoms with Crippen LogP contribution in [0.5, 0.6) is 0 Å². The van der Waals surface area contributed by atoms with Gasteiger partial charge >= 0.3 is 5.97 Å². The van der Waals surface area contributed by atoms with Crippen molar-refractivity contribution in [3.63, 3.8) is 0 Å². The third-order valence-corrected chi connectivity index (χ3v) is 10.9. The van der Waals surface area contributed by atoms with E-state index < -0.39 is 0 Å². The van der Waals surface area contributed by atoms with E-state index >= 15 is 0 Å². The summed E-state index contributed by atoms with van der Waals surface area (Å²) in [5.41, 5.74) is 5.25. The summed E-state index contributed by atoms with van der Waals surface area (Å²) >= 11 is 1.24. The van der Waals surface area contributed by atoms with Crippen LogP contribution >= 0.6 is 11.9 Å². The van der Waals surface area contributed by atoms with Crippen LogP contribution in [-0.2, 0) is 9.53 Å². The van der Waals surface area contributed by atoms with Crippen LogP contribution in [0.2, 0.25) is 0 Å². The first-order chi connectivity index (χ1) is 17.6. The molecule has 0 atom stereocenters. The Morgan fingerprint density at radius 2 is 1.73 bits per heavy atom. The van der Waals surface area contributed by atoms with Crippen molar-refractivity contribution in [2.75, 3.05) is 6.61 Å². The lowest BCUT2D eigenvalue weighted by Gasteiger charge is -2.59. The fraction of sp³-hybridized carbons (Fsp3) is 0.656. The van der Waals surface area contributed by atoms with E-state index in [9.17, 15) is 9.70 Å². The van der Waals surface area contributed by atoms with Crippen molar-refractivity contribution in [3.05, 3.63) is 63.7 Å². The molecular formula is C32H45NO3S. The highest BCUT2D eigenvalue weighted by atomic mass is 32.2. The van der Waals surface area contributed by atoms with Crippen LogP contribution in [0.4, 0.5) is 0 Å². The van der Waals surface area contributed by atoms with Gasteiger partial charge in [0.15, 0.2) is 0 Å². The van der Waals surface area contributed by atoms with E-state index in [1.807, 2.05) is 19.1 Å². The molecule has 202 valence electrons. The first kappa shape index (κ1) is 28.1. The summed E-state index contributed by atoms with van der Waals surface area (Å²) in [5.74, 6) is 2.43. The second-order valence-electron chi connectivity index (χ2n) is 12.8. The minimum Gasteiger partial charge on any atom is -0.462 e. The van der Waals surface area contributed by atoms with Gasteiger partial charge in [-0.1, -0.05) is 55.4 Å². The molecule has 0 unspecified atom stereocenters. The molecule has 4 fully saturated rings. The number of carbonyl (C=O) groups excluding carboxylic acids is 1. The summed E-state index contributed by atoms with van der Waals surface area (Å²) in [6.45, 7) is 11.3. The quantitative estimate of drug-likeness (QED) is 0.0942. The largest absolute Gasteiger partial charge is 0.462 e. The van der Waals surface area contributed by atoms with Gasteiger partial charge in [0.05, 0.1) is 11.4 Å². The molecule has 0 aromatic carbocycles. The average Bonchev–Trinajstić information content (AvgIpc) is 2.81. The number of rotatable bonds is 10. The molecule has 5 rings (SSSR count). The molecule has 0 heterocycles. The molecular weight excluding hydrogens is 478 g/mol. The molecule has 4 nitrogen and oxygen atoms in total. The van der Waals surface area contributed by atoms with Crippen LogP contribution in [0.1, 0.15) is 92.4 Å². The molecule has 5 heteroatoms. The molecule has 4 bridgehead atoms. The first-order valence-corrected chi connectivity index (χ1v) is 15.0. The first-order valence-electron chi connectivity index (χ1n) is 14.2. The van der Waals surface area contributed by atoms with Crippen molar-refractivity contribution in [2.45, 2.75) is 97.2 Å². The van der Waals surface area contributed by atoms with Gasteiger partial charge < -0.3 is 4.74 Å². The van der Waals surface area contributed by atoms with E-state index in [-0.39, 0.29) is 16.1 Å². The van der Waals surface area contributed by atoms with Crippen LogP contribution in [0.15, 0.2) is 63.3 Å². The van der Waals surface area contributed by atoms with E-state index in [1.54, 1.807) is 6.08 Å². The second kappa shape index (κ2) is 11.9. The fourth-order valence-electron chi connectivity index (χ4n) is 7.87. The van der Waals surface area contributed by atoms with Crippen molar-refractivity contribution in [3.8, 4) is 0 Å². The van der Waals surface area contributed by atoms with Gasteiger partial charge in [-0.05, 0) is 119 Å². The van der Waals surface area contributed by atoms with E-state index in [2.05, 4.69) is 50.5 Å². The van der Waals surface area contributed by atoms with Gasteiger partial charge in [-0.3, -0.25) is 0 Å². The van der Waals surface area contributed by atoms with Crippen molar-refractivity contribution >= 4 is 17.9 Å². The van der Waals surface area contributed by atoms with E-state index in [0.29, 0.717) is 18.4 Å². The third-order valence-electron chi connectivity index (χ3n) is 9.58. The highest BCUT2D eigenvalue weighted by Gasteiger charge is 2.58. The van der Waals surface area contributed by atoms with Gasteiger partial charge in [0.2, 0.25) is 0 Å². The zero-order valence-electron chi connectivity index (χ0n) is 23.4. The number of nitrogens with zero attached hydrogens (tertiary/aromatic N) is 1. The van der Waals surface area contributed by atoms with Crippen LogP contribution in [-0.4, -0.2) is 17.3 Å². The summed E-state index contributed by atoms with van der Waals surface area (Å²) in [6.07, 6.45) is 22.7. The zero-order valence-corrected chi connectivity index (χ0v) is 24.2. The minimum atomic E-state index is -0.312. The highest BCUT2D eigenvalue weighted by Crippen LogP contribution is 2.64. The predicted molar refractivity (Wildman–Crippen MR) is 155 cm³/mol. The van der Waals surface area contributed by atoms with E-state index in [1.165, 1.54) is 80.0 Å². The van der Waals surface area contributed by atoms with Gasteiger partial charge in [-0.25, -0.2) is 4.79 Å². The molecule has 5 aliphatic rings. The molecule has 5 aliphatic carbocycles. The minimum absolute atomic E-state index is 0.134. The molecule has 0 saturated heterocycles. The summed E-state index contributed by atoms with van der Waals surface area (Å²) in [7, 11) is 0. The Kier molecular flexibility index (Phi) is 9.04. The Labute approximate surface area is 228 Å². The van der Waals surface area contributed by atoms with Gasteiger partial charge in [-0.15, -0.1) is 4.91 Å². The maximum Gasteiger partial charge on any atom is 0.331 e. The SMILES string of the molecule is CC1=C(/C=C/C(C)=C/C=C/C(C)=C/C(=O)OCCC2(SN=O)C3CC4CC(C3)CC2C4)C(C)(C)CCC1. The van der Waals surface area contributed by atoms with Crippen LogP contribution in [0.3, 0.4) is 0 Å². The van der Waals surface area contributed by atoms with Gasteiger partial charge in [-0.2, -0.15) is 0 Å². The van der Waals surface area contributed by atoms with Crippen molar-refractivity contribution in [2.24, 2.45) is 33.7 Å². The molecule has 0 amide bonds. The molecule has 0 aromatic rings. The molecule has 0 spiro atoms. The van der Waals surface area contributed by atoms with E-state index in [0.717, 1.165) is 23.8 Å². The summed E-state index contributed by atoms with van der Waals surface area (Å²) in [4.78, 5) is 23.8. The van der Waals surface area contributed by atoms with Crippen molar-refractivity contribution < 1.29 is 9.53 Å². The highest BCUT2D eigenvalue weighted by molar-refractivity contribution is 7.99. The monoisotopic (exact) mass is 523 g/mol. The summed E-state index contributed by atoms with van der Waals surface area (Å²) in [6, 6.07) is 0. The zero-order chi connectivity index (χ0) is 26.6. The molecule has 37 heavy (non-hydrogen) atoms. The van der Waals surface area contributed by atoms with Gasteiger partial charge in [0.1, 0.15) is 0 Å². The number of esters is 1. The normalized spacial score (nSPS) is 33.5. The maximum atomic E-state index is 12.5. The maximum absolute atomic E-state index is 12.5. The van der Waals surface area contributed by atoms with Crippen LogP contribution in [0.25, 0.3) is 0 Å². The van der Waals surface area contributed by atoms with E-state index in [4.69, 9.17) is 4.74 Å². The number of hydrogen-bond donors (Lipinski definition) is 0. The average molecular weight is 524 g/mol. The van der Waals surface area contributed by atoms with Gasteiger partial charge in [0, 0.05) is 22.6 Å². The Balaban J connectivity index is 1.28. The lowest BCUT2D eigenvalue weighted by Crippen LogP contribution is -2.56. The number of carbonyl (C=O) groups is 1. The molecule has 0 aromatic heterocycles. The number of hydrogen-bond acceptors (Lipinski definition) is 5. The Morgan fingerprint density at radius 1 is 1.05 bits per heavy atom. The smallest absolute Gasteiger partial charge is 0.331 e. The summed E-state index contributed by atoms with van der Waals surface area (Å²) in [5, 5.41) is 0. The lowest BCUT2D eigenvalue weighted by molar-refractivity contribution is -0.138. The Morgan fingerprint density at radius 3 is 2.35 bits per heavy atom. The molecule has 4 saturated carbocycles. The topological polar surface area (TPSA) is 55.7 Å². The number of nitroso groups, excluding NO2 is 1. The van der Waals surface area contributed by atoms with Crippen LogP contribution in [0, 0.1) is 34.0 Å². The van der Waals surface area contributed by atoms with Crippen LogP contribution < -0.4 is 0 Å². The number of allylic oxidation sites excluding steroid dienone is 9. The standard InChI is InChI=1S/C32H45NO3S/c1-22(11-12-29-24(3)10-7-13-31(29,4)5)8-6-9-23(2)16-30(34)36-15-14-32(37-33-35)27-18-25-17-26(20-27)21-28(32)19-25/h6,8-9,11-12,16,25-28H,7,10,13-15,17-21H2,1-5H3/b9-6+,12-11+,22-8+,23-16+. The molecule has 0 radical (unpaired) electrons. The Hall–Kier alpha value is -1.88. The fourth-order valence-corrected chi connectivity index (χ4v) is 8.87. The lowest BCUT2D eigenvalue weighted by atomic mass is 9.51. The number of ether oxygens (including phenoxy) is 1. The predicted octanol–water partition coefficient (Wildman–Crippen LogP) is 9.06. The molecule has 0 aliphatic heterocycles. The Bertz CT molecular complexity index is 1000. The van der Waals surface area contributed by atoms with Crippen molar-refractivity contribution in [1.82, 2.24) is 0 Å².